The number of hydrogen-bond acceptors (Lipinski definition) is 2. The van der Waals surface area contributed by atoms with E-state index in [9.17, 15) is 4.79 Å². The Hall–Kier alpha value is -0.830. The Morgan fingerprint density at radius 2 is 2.50 bits per heavy atom. The zero-order valence-corrected chi connectivity index (χ0v) is 5.84. The minimum Gasteiger partial charge on any atom is -0.294 e. The first-order valence-electron chi connectivity index (χ1n) is 3.51. The molecule has 0 fully saturated rings. The molecule has 0 aromatic rings. The molecule has 3 N–H and O–H groups in total. The molecule has 1 amide bonds. The van der Waals surface area contributed by atoms with Gasteiger partial charge in [-0.2, -0.15) is 0 Å². The summed E-state index contributed by atoms with van der Waals surface area (Å²) in [7, 11) is 0. The summed E-state index contributed by atoms with van der Waals surface area (Å²) in [5.74, 6) is 4.91. The molecule has 0 aromatic heterocycles. The van der Waals surface area contributed by atoms with Gasteiger partial charge >= 0.3 is 0 Å². The second-order valence-corrected chi connectivity index (χ2v) is 2.47. The van der Waals surface area contributed by atoms with Gasteiger partial charge in [-0.25, -0.2) is 5.84 Å². The predicted octanol–water partition coefficient (Wildman–Crippen LogP) is 0.333. The van der Waals surface area contributed by atoms with Gasteiger partial charge in [0.05, 0.1) is 5.92 Å². The molecular formula is C7H12N2O. The van der Waals surface area contributed by atoms with Crippen LogP contribution in [0.5, 0.6) is 0 Å². The maximum absolute atomic E-state index is 10.9. The second kappa shape index (κ2) is 3.37. The van der Waals surface area contributed by atoms with Gasteiger partial charge in [0.25, 0.3) is 0 Å². The number of carbonyl (C=O) groups is 1. The lowest BCUT2D eigenvalue weighted by Gasteiger charge is -2.13. The molecule has 1 rings (SSSR count). The average Bonchev–Trinajstić information content (AvgIpc) is 2.05. The van der Waals surface area contributed by atoms with Crippen molar-refractivity contribution in [1.29, 1.82) is 0 Å². The zero-order chi connectivity index (χ0) is 7.40. The highest BCUT2D eigenvalue weighted by Crippen LogP contribution is 2.16. The van der Waals surface area contributed by atoms with Crippen LogP contribution in [-0.2, 0) is 4.79 Å². The quantitative estimate of drug-likeness (QED) is 0.239. The van der Waals surface area contributed by atoms with Crippen molar-refractivity contribution < 1.29 is 4.79 Å². The Morgan fingerprint density at radius 3 is 3.00 bits per heavy atom. The van der Waals surface area contributed by atoms with Gasteiger partial charge in [0.15, 0.2) is 0 Å². The monoisotopic (exact) mass is 140 g/mol. The Balaban J connectivity index is 2.46. The molecule has 0 spiro atoms. The van der Waals surface area contributed by atoms with E-state index in [4.69, 9.17) is 5.84 Å². The summed E-state index contributed by atoms with van der Waals surface area (Å²) in [4.78, 5) is 10.9. The van der Waals surface area contributed by atoms with Crippen molar-refractivity contribution in [3.8, 4) is 0 Å². The minimum absolute atomic E-state index is 0.0127. The maximum Gasteiger partial charge on any atom is 0.240 e. The number of nitrogens with two attached hydrogens (primary N) is 1. The first-order chi connectivity index (χ1) is 4.84. The summed E-state index contributed by atoms with van der Waals surface area (Å²) in [6.45, 7) is 0. The van der Waals surface area contributed by atoms with Gasteiger partial charge in [-0.15, -0.1) is 0 Å². The summed E-state index contributed by atoms with van der Waals surface area (Å²) < 4.78 is 0. The van der Waals surface area contributed by atoms with E-state index < -0.39 is 0 Å². The summed E-state index contributed by atoms with van der Waals surface area (Å²) >= 11 is 0. The fraction of sp³-hybridized carbons (Fsp3) is 0.571. The van der Waals surface area contributed by atoms with Crippen molar-refractivity contribution in [2.75, 3.05) is 0 Å². The van der Waals surface area contributed by atoms with Gasteiger partial charge in [-0.3, -0.25) is 10.2 Å². The van der Waals surface area contributed by atoms with E-state index in [0.717, 1.165) is 19.3 Å². The minimum atomic E-state index is -0.0732. The fourth-order valence-corrected chi connectivity index (χ4v) is 1.14. The Kier molecular flexibility index (Phi) is 2.45. The van der Waals surface area contributed by atoms with Crippen molar-refractivity contribution >= 4 is 5.91 Å². The molecule has 56 valence electrons. The van der Waals surface area contributed by atoms with Gasteiger partial charge in [0.2, 0.25) is 5.91 Å². The largest absolute Gasteiger partial charge is 0.294 e. The van der Waals surface area contributed by atoms with E-state index in [-0.39, 0.29) is 11.8 Å². The smallest absolute Gasteiger partial charge is 0.240 e. The van der Waals surface area contributed by atoms with Crippen LogP contribution in [0.2, 0.25) is 0 Å². The van der Waals surface area contributed by atoms with Gasteiger partial charge in [0.1, 0.15) is 0 Å². The molecule has 0 bridgehead atoms. The normalized spacial score (nSPS) is 24.3. The highest BCUT2D eigenvalue weighted by Gasteiger charge is 2.15. The van der Waals surface area contributed by atoms with Gasteiger partial charge in [-0.05, 0) is 19.3 Å². The predicted molar refractivity (Wildman–Crippen MR) is 38.8 cm³/mol. The third kappa shape index (κ3) is 1.57. The van der Waals surface area contributed by atoms with E-state index in [2.05, 4.69) is 5.43 Å². The molecule has 0 saturated carbocycles. The van der Waals surface area contributed by atoms with Crippen LogP contribution in [0.1, 0.15) is 19.3 Å². The van der Waals surface area contributed by atoms with Crippen LogP contribution in [0.4, 0.5) is 0 Å². The summed E-state index contributed by atoms with van der Waals surface area (Å²) in [6.07, 6.45) is 7.07. The lowest BCUT2D eigenvalue weighted by molar-refractivity contribution is -0.123. The zero-order valence-electron chi connectivity index (χ0n) is 5.84. The highest BCUT2D eigenvalue weighted by atomic mass is 16.2. The second-order valence-electron chi connectivity index (χ2n) is 2.47. The summed E-state index contributed by atoms with van der Waals surface area (Å²) in [5.41, 5.74) is 2.14. The van der Waals surface area contributed by atoms with E-state index in [1.807, 2.05) is 12.2 Å². The summed E-state index contributed by atoms with van der Waals surface area (Å²) in [6, 6.07) is 0. The lowest BCUT2D eigenvalue weighted by Crippen LogP contribution is -2.35. The van der Waals surface area contributed by atoms with Crippen LogP contribution in [-0.4, -0.2) is 5.91 Å². The highest BCUT2D eigenvalue weighted by molar-refractivity contribution is 5.79. The first-order valence-corrected chi connectivity index (χ1v) is 3.51. The van der Waals surface area contributed by atoms with Crippen LogP contribution in [0, 0.1) is 5.92 Å². The molecule has 10 heavy (non-hydrogen) atoms. The van der Waals surface area contributed by atoms with Crippen molar-refractivity contribution in [1.82, 2.24) is 5.43 Å². The number of amides is 1. The third-order valence-electron chi connectivity index (χ3n) is 1.73. The number of allylic oxidation sites excluding steroid dienone is 1. The van der Waals surface area contributed by atoms with Crippen LogP contribution < -0.4 is 11.3 Å². The van der Waals surface area contributed by atoms with Crippen molar-refractivity contribution in [3.63, 3.8) is 0 Å². The van der Waals surface area contributed by atoms with Crippen molar-refractivity contribution in [2.45, 2.75) is 19.3 Å². The molecule has 0 radical (unpaired) electrons. The maximum atomic E-state index is 10.9. The Bertz CT molecular complexity index is 154. The SMILES string of the molecule is NNC(=O)C1C=CCCC1. The molecule has 0 aliphatic heterocycles. The standard InChI is InChI=1S/C7H12N2O/c8-9-7(10)6-4-2-1-3-5-6/h2,4,6H,1,3,5,8H2,(H,9,10). The average molecular weight is 140 g/mol. The fourth-order valence-electron chi connectivity index (χ4n) is 1.14. The van der Waals surface area contributed by atoms with Crippen LogP contribution in [0.3, 0.4) is 0 Å². The van der Waals surface area contributed by atoms with E-state index in [1.165, 1.54) is 0 Å². The van der Waals surface area contributed by atoms with Gasteiger partial charge in [0, 0.05) is 0 Å². The topological polar surface area (TPSA) is 55.1 Å². The molecule has 0 saturated heterocycles. The van der Waals surface area contributed by atoms with Gasteiger partial charge in [-0.1, -0.05) is 12.2 Å². The number of nitrogens with one attached hydrogen (secondary N) is 1. The molecule has 0 aromatic carbocycles. The third-order valence-corrected chi connectivity index (χ3v) is 1.73. The number of rotatable bonds is 1. The Labute approximate surface area is 60.3 Å². The molecule has 1 aliphatic rings. The molecule has 3 nitrogen and oxygen atoms in total. The first kappa shape index (κ1) is 7.28. The summed E-state index contributed by atoms with van der Waals surface area (Å²) in [5, 5.41) is 0. The number of carbonyl (C=O) groups excluding carboxylic acids is 1. The molecule has 0 heterocycles. The number of hydrazine groups is 1. The molecule has 1 atom stereocenters. The van der Waals surface area contributed by atoms with Crippen molar-refractivity contribution in [3.05, 3.63) is 12.2 Å². The van der Waals surface area contributed by atoms with Gasteiger partial charge < -0.3 is 0 Å². The van der Waals surface area contributed by atoms with Crippen LogP contribution in [0.15, 0.2) is 12.2 Å². The Morgan fingerprint density at radius 1 is 1.70 bits per heavy atom. The number of hydrogen-bond donors (Lipinski definition) is 2. The molecular weight excluding hydrogens is 128 g/mol. The van der Waals surface area contributed by atoms with E-state index >= 15 is 0 Å². The van der Waals surface area contributed by atoms with E-state index in [1.54, 1.807) is 0 Å². The molecule has 1 aliphatic carbocycles. The van der Waals surface area contributed by atoms with E-state index in [0.29, 0.717) is 0 Å². The molecule has 3 heteroatoms. The van der Waals surface area contributed by atoms with Crippen molar-refractivity contribution in [2.24, 2.45) is 11.8 Å². The van der Waals surface area contributed by atoms with Crippen LogP contribution in [0.25, 0.3) is 0 Å². The van der Waals surface area contributed by atoms with Crippen LogP contribution >= 0.6 is 0 Å². The molecule has 1 unspecified atom stereocenters. The lowest BCUT2D eigenvalue weighted by atomic mass is 9.95.